The summed E-state index contributed by atoms with van der Waals surface area (Å²) >= 11 is 0. The molecular formula is C41H61BF5N7O11S. The minimum Gasteiger partial charge on any atom is -0.748 e. The molecule has 66 heavy (non-hydrogen) atoms. The van der Waals surface area contributed by atoms with E-state index in [-0.39, 0.29) is 44.4 Å². The highest BCUT2D eigenvalue weighted by Crippen LogP contribution is 2.39. The highest BCUT2D eigenvalue weighted by Gasteiger charge is 2.54. The van der Waals surface area contributed by atoms with Crippen LogP contribution < -0.4 is 20.6 Å². The van der Waals surface area contributed by atoms with E-state index in [1.54, 1.807) is 13.0 Å². The highest BCUT2D eigenvalue weighted by molar-refractivity contribution is 7.85. The number of halogens is 5. The fourth-order valence-corrected chi connectivity index (χ4v) is 8.31. The molecular weight excluding hydrogens is 904 g/mol. The fourth-order valence-electron chi connectivity index (χ4n) is 7.67. The number of rotatable bonds is 24. The molecule has 3 N–H and O–H groups in total. The second-order valence-corrected chi connectivity index (χ2v) is 19.1. The summed E-state index contributed by atoms with van der Waals surface area (Å²) in [6.45, 7) is 1.44. The Morgan fingerprint density at radius 1 is 0.970 bits per heavy atom. The van der Waals surface area contributed by atoms with E-state index in [0.717, 1.165) is 55.3 Å². The molecule has 370 valence electrons. The average Bonchev–Trinajstić information content (AvgIpc) is 3.83. The molecule has 0 spiro atoms. The number of hydroxylamine groups is 2. The molecule has 25 heteroatoms. The number of aryl methyl sites for hydroxylation is 2. The Labute approximate surface area is 381 Å². The van der Waals surface area contributed by atoms with Gasteiger partial charge in [-0.05, 0) is 62.8 Å². The van der Waals surface area contributed by atoms with Crippen LogP contribution in [0.2, 0.25) is 0 Å². The van der Waals surface area contributed by atoms with E-state index in [4.69, 9.17) is 14.7 Å². The van der Waals surface area contributed by atoms with E-state index in [0.29, 0.717) is 67.3 Å². The Kier molecular flexibility index (Phi) is 19.8. The number of alkyl halides is 3. The largest absolute Gasteiger partial charge is 0.748 e. The summed E-state index contributed by atoms with van der Waals surface area (Å²) in [5.41, 5.74) is 3.20. The van der Waals surface area contributed by atoms with Gasteiger partial charge in [-0.2, -0.15) is 13.2 Å². The van der Waals surface area contributed by atoms with Crippen LogP contribution >= 0.6 is 0 Å². The molecule has 0 saturated carbocycles. The van der Waals surface area contributed by atoms with Gasteiger partial charge in [0.05, 0.1) is 70.2 Å². The number of quaternary nitrogens is 2. The lowest BCUT2D eigenvalue weighted by Crippen LogP contribution is -3.09. The monoisotopic (exact) mass is 965 g/mol. The Bertz CT molecular complexity index is 2170. The molecule has 0 radical (unpaired) electrons. The summed E-state index contributed by atoms with van der Waals surface area (Å²) in [5, 5.41) is 14.2. The maximum absolute atomic E-state index is 16.7. The molecule has 3 aliphatic heterocycles. The molecule has 18 nitrogen and oxygen atoms in total. The smallest absolute Gasteiger partial charge is 0.737 e. The van der Waals surface area contributed by atoms with E-state index in [9.17, 15) is 50.1 Å². The summed E-state index contributed by atoms with van der Waals surface area (Å²) in [6, 6.07) is 0.145. The van der Waals surface area contributed by atoms with Gasteiger partial charge in [0, 0.05) is 61.9 Å². The zero-order valence-electron chi connectivity index (χ0n) is 38.2. The number of hydrogen-bond acceptors (Lipinski definition) is 11. The van der Waals surface area contributed by atoms with Crippen LogP contribution in [0, 0.1) is 6.92 Å². The molecule has 4 amide bonds. The first kappa shape index (κ1) is 55.3. The number of aromatic nitrogens is 1. The molecule has 2 atom stereocenters. The van der Waals surface area contributed by atoms with Crippen LogP contribution in [0.25, 0.3) is 6.08 Å². The van der Waals surface area contributed by atoms with E-state index in [1.807, 2.05) is 26.1 Å². The number of unbranched alkanes of at least 4 members (excludes halogenated alkanes) is 3. The number of hydrogen-bond donors (Lipinski definition) is 3. The zero-order chi connectivity index (χ0) is 49.8. The summed E-state index contributed by atoms with van der Waals surface area (Å²) in [7, 11) is 3.20. The van der Waals surface area contributed by atoms with Crippen LogP contribution in [0.4, 0.5) is 21.8 Å². The van der Waals surface area contributed by atoms with Crippen LogP contribution in [0.3, 0.4) is 0 Å². The predicted octanol–water partition coefficient (Wildman–Crippen LogP) is 0.504. The van der Waals surface area contributed by atoms with Gasteiger partial charge in [-0.1, -0.05) is 13.3 Å². The van der Waals surface area contributed by atoms with Crippen molar-refractivity contribution in [1.82, 2.24) is 20.2 Å². The number of imide groups is 1. The second kappa shape index (κ2) is 23.6. The molecule has 1 fully saturated rings. The van der Waals surface area contributed by atoms with Gasteiger partial charge >= 0.3 is 19.1 Å². The molecule has 0 aliphatic carbocycles. The van der Waals surface area contributed by atoms with Gasteiger partial charge in [0.15, 0.2) is 5.70 Å². The Morgan fingerprint density at radius 2 is 1.61 bits per heavy atom. The van der Waals surface area contributed by atoms with E-state index in [1.165, 1.54) is 0 Å². The first-order chi connectivity index (χ1) is 30.5. The van der Waals surface area contributed by atoms with Crippen molar-refractivity contribution in [2.45, 2.75) is 110 Å². The summed E-state index contributed by atoms with van der Waals surface area (Å²) in [4.78, 5) is 76.1. The summed E-state index contributed by atoms with van der Waals surface area (Å²) in [5.74, 6) is -7.56. The van der Waals surface area contributed by atoms with E-state index >= 15 is 8.63 Å². The SMILES string of the molecule is CCCCC1=CC(CCC(=O)NC(CS(=O)(=O)[O-])C(=O)NCC[NH+](C)CCCCCC(=O)ON2C(=O)CCC2=O)=[N+]2C1=Cc1c(CCC[N+](C)(C)C)cc(C)n1[B-]2(F)F.O=C([O-])C(F)(F)F. The molecule has 3 aliphatic rings. The molecule has 1 aromatic heterocycles. The summed E-state index contributed by atoms with van der Waals surface area (Å²) in [6.07, 6.45) is 3.51. The number of aliphatic carboxylic acids is 1. The lowest BCUT2D eigenvalue weighted by atomic mass is 9.88. The molecule has 2 unspecified atom stereocenters. The van der Waals surface area contributed by atoms with Crippen LogP contribution in [-0.2, 0) is 50.1 Å². The minimum absolute atomic E-state index is 0.0194. The number of likely N-dealkylation sites (N-methyl/N-ethyl adjacent to an activating group) is 1. The van der Waals surface area contributed by atoms with Crippen molar-refractivity contribution in [2.24, 2.45) is 0 Å². The van der Waals surface area contributed by atoms with Crippen molar-refractivity contribution in [3.63, 3.8) is 0 Å². The van der Waals surface area contributed by atoms with Crippen molar-refractivity contribution < 1.29 is 87.4 Å². The number of carboxylic acids is 1. The third kappa shape index (κ3) is 16.7. The maximum Gasteiger partial charge on any atom is 0.737 e. The van der Waals surface area contributed by atoms with Gasteiger partial charge in [0.25, 0.3) is 11.8 Å². The number of carbonyl (C=O) groups is 6. The molecule has 1 saturated heterocycles. The van der Waals surface area contributed by atoms with E-state index in [2.05, 4.69) is 31.8 Å². The quantitative estimate of drug-likeness (QED) is 0.0323. The number of nitrogens with one attached hydrogen (secondary N) is 3. The van der Waals surface area contributed by atoms with Crippen LogP contribution in [0.15, 0.2) is 23.4 Å². The van der Waals surface area contributed by atoms with Gasteiger partial charge < -0.3 is 56.9 Å². The predicted molar refractivity (Wildman–Crippen MR) is 227 cm³/mol. The number of carboxylic acid groups (broad SMARTS) is 1. The van der Waals surface area contributed by atoms with Gasteiger partial charge in [-0.3, -0.25) is 19.2 Å². The van der Waals surface area contributed by atoms with Crippen molar-refractivity contribution >= 4 is 64.4 Å². The molecule has 4 rings (SSSR count). The molecule has 1 aromatic rings. The van der Waals surface area contributed by atoms with Crippen molar-refractivity contribution in [3.05, 3.63) is 40.4 Å². The fraction of sp³-hybridized carbons (Fsp3) is 0.634. The first-order valence-electron chi connectivity index (χ1n) is 21.8. The van der Waals surface area contributed by atoms with Crippen molar-refractivity contribution in [3.8, 4) is 0 Å². The first-order valence-corrected chi connectivity index (χ1v) is 23.4. The number of nitrogens with zero attached hydrogens (tertiary/aromatic N) is 4. The Balaban J connectivity index is 0.00000152. The van der Waals surface area contributed by atoms with E-state index < -0.39 is 70.6 Å². The Morgan fingerprint density at radius 3 is 2.18 bits per heavy atom. The normalized spacial score (nSPS) is 16.7. The average molecular weight is 966 g/mol. The van der Waals surface area contributed by atoms with Crippen molar-refractivity contribution in [1.29, 1.82) is 0 Å². The second-order valence-electron chi connectivity index (χ2n) is 17.7. The minimum atomic E-state index is -5.19. The maximum atomic E-state index is 16.7. The third-order valence-electron chi connectivity index (χ3n) is 11.0. The number of allylic oxidation sites excluding steroid dienone is 2. The van der Waals surface area contributed by atoms with Gasteiger partial charge in [0.2, 0.25) is 11.8 Å². The van der Waals surface area contributed by atoms with Crippen molar-refractivity contribution in [2.75, 3.05) is 60.1 Å². The lowest BCUT2D eigenvalue weighted by molar-refractivity contribution is -0.878. The third-order valence-corrected chi connectivity index (χ3v) is 11.7. The number of amides is 4. The van der Waals surface area contributed by atoms with Crippen LogP contribution in [-0.4, -0.2) is 152 Å². The topological polar surface area (TPSA) is 232 Å². The highest BCUT2D eigenvalue weighted by atomic mass is 32.2. The molecule has 4 heterocycles. The van der Waals surface area contributed by atoms with Crippen LogP contribution in [0.1, 0.15) is 101 Å². The zero-order valence-corrected chi connectivity index (χ0v) is 39.0. The number of carbonyl (C=O) groups excluding carboxylic acids is 6. The summed E-state index contributed by atoms with van der Waals surface area (Å²) < 4.78 is 103. The van der Waals surface area contributed by atoms with Gasteiger partial charge in [-0.15, -0.1) is 5.06 Å². The molecule has 0 bridgehead atoms. The Hall–Kier alpha value is -5.01. The van der Waals surface area contributed by atoms with Gasteiger partial charge in [0.1, 0.15) is 17.7 Å². The molecule has 0 aromatic carbocycles. The van der Waals surface area contributed by atoms with Crippen LogP contribution in [0.5, 0.6) is 0 Å². The lowest BCUT2D eigenvalue weighted by Gasteiger charge is -2.31. The number of fused-ring (bicyclic) bond motifs is 2. The van der Waals surface area contributed by atoms with Gasteiger partial charge in [-0.25, -0.2) is 13.2 Å². The standard InChI is InChI=1S/C39H60BF2N7O9S.C2HF3O2/c1-7-8-13-30-25-31(47-34(30)26-33-29(14-12-23-49(4,5)6)24-28(2)46(33)40(47,41)42)16-17-35(50)44-32(27-59(55,56)57)39(54)43-20-22-45(3)21-11-9-10-15-38(53)58-48-36(51)18-19-37(48)52;3-2(4,5)1(6)7/h24-26,32H,7-23,27H2,1-6H3,(H2-,43,44,50,54,55,56,57);(H,6,7).